The van der Waals surface area contributed by atoms with E-state index in [1.807, 2.05) is 0 Å². The number of aliphatic carboxylic acids is 1. The number of hydrogen-bond donors (Lipinski definition) is 1. The minimum absolute atomic E-state index is 0.0447. The van der Waals surface area contributed by atoms with Crippen LogP contribution in [-0.2, 0) is 14.8 Å². The first-order valence-corrected chi connectivity index (χ1v) is 7.72. The molecule has 0 atom stereocenters. The summed E-state index contributed by atoms with van der Waals surface area (Å²) in [6, 6.07) is 5.85. The number of benzene rings is 1. The lowest BCUT2D eigenvalue weighted by Gasteiger charge is -2.22. The van der Waals surface area contributed by atoms with E-state index in [-0.39, 0.29) is 11.4 Å². The summed E-state index contributed by atoms with van der Waals surface area (Å²) in [5, 5.41) is 8.90. The first kappa shape index (κ1) is 17.4. The highest BCUT2D eigenvalue weighted by Crippen LogP contribution is 2.19. The molecule has 0 fully saturated rings. The summed E-state index contributed by atoms with van der Waals surface area (Å²) in [7, 11) is 1.22. The van der Waals surface area contributed by atoms with Crippen LogP contribution in [0.5, 0.6) is 5.75 Å². The van der Waals surface area contributed by atoms with E-state index in [9.17, 15) is 13.2 Å². The molecule has 0 aliphatic heterocycles. The summed E-state index contributed by atoms with van der Waals surface area (Å²) in [5.74, 6) is -0.655. The van der Waals surface area contributed by atoms with Crippen molar-refractivity contribution in [1.82, 2.24) is 9.21 Å². The molecule has 0 bridgehead atoms. The molecule has 0 spiro atoms. The van der Waals surface area contributed by atoms with Crippen LogP contribution in [0.2, 0.25) is 0 Å². The molecule has 21 heavy (non-hydrogen) atoms. The van der Waals surface area contributed by atoms with Gasteiger partial charge in [0.2, 0.25) is 10.0 Å². The van der Waals surface area contributed by atoms with Gasteiger partial charge in [0.1, 0.15) is 12.3 Å². The number of carboxylic acids is 1. The number of carboxylic acid groups (broad SMARTS) is 1. The van der Waals surface area contributed by atoms with Crippen molar-refractivity contribution >= 4 is 16.0 Å². The van der Waals surface area contributed by atoms with E-state index in [2.05, 4.69) is 0 Å². The second-order valence-corrected chi connectivity index (χ2v) is 6.65. The van der Waals surface area contributed by atoms with Crippen molar-refractivity contribution in [3.05, 3.63) is 24.3 Å². The van der Waals surface area contributed by atoms with Crippen molar-refractivity contribution in [1.29, 1.82) is 0 Å². The van der Waals surface area contributed by atoms with Gasteiger partial charge in [0.15, 0.2) is 0 Å². The average molecular weight is 316 g/mol. The zero-order chi connectivity index (χ0) is 16.0. The van der Waals surface area contributed by atoms with Crippen LogP contribution < -0.4 is 4.74 Å². The molecule has 1 aromatic carbocycles. The van der Waals surface area contributed by atoms with Gasteiger partial charge in [-0.05, 0) is 38.4 Å². The standard InChI is InChI=1S/C13H20N2O5S/c1-14(2)8-9-15(10-13(16)17)21(18,19)12-6-4-11(20-3)5-7-12/h4-7H,8-10H2,1-3H3,(H,16,17). The summed E-state index contributed by atoms with van der Waals surface area (Å²) >= 11 is 0. The van der Waals surface area contributed by atoms with Gasteiger partial charge >= 0.3 is 5.97 Å². The Labute approximate surface area is 124 Å². The van der Waals surface area contributed by atoms with Gasteiger partial charge in [0.25, 0.3) is 0 Å². The Hall–Kier alpha value is -1.64. The maximum atomic E-state index is 12.5. The Kier molecular flexibility index (Phi) is 6.13. The lowest BCUT2D eigenvalue weighted by atomic mass is 10.3. The Morgan fingerprint density at radius 3 is 2.19 bits per heavy atom. The summed E-state index contributed by atoms with van der Waals surface area (Å²) in [6.07, 6.45) is 0. The topological polar surface area (TPSA) is 87.2 Å². The van der Waals surface area contributed by atoms with Crippen LogP contribution in [-0.4, -0.2) is 69.5 Å². The van der Waals surface area contributed by atoms with Crippen LogP contribution in [0, 0.1) is 0 Å². The van der Waals surface area contributed by atoms with Crippen molar-refractivity contribution in [2.45, 2.75) is 4.90 Å². The summed E-state index contributed by atoms with van der Waals surface area (Å²) < 4.78 is 30.9. The van der Waals surface area contributed by atoms with Gasteiger partial charge in [-0.15, -0.1) is 0 Å². The molecule has 0 aliphatic carbocycles. The van der Waals surface area contributed by atoms with Gasteiger partial charge in [-0.1, -0.05) is 0 Å². The van der Waals surface area contributed by atoms with E-state index in [0.717, 1.165) is 4.31 Å². The number of carbonyl (C=O) groups is 1. The number of methoxy groups -OCH3 is 1. The zero-order valence-corrected chi connectivity index (χ0v) is 13.1. The fourth-order valence-electron chi connectivity index (χ4n) is 1.64. The molecule has 1 aromatic rings. The van der Waals surface area contributed by atoms with Crippen molar-refractivity contribution in [3.8, 4) is 5.75 Å². The first-order valence-electron chi connectivity index (χ1n) is 6.28. The molecule has 8 heteroatoms. The predicted octanol–water partition coefficient (Wildman–Crippen LogP) is 0.332. The number of rotatable bonds is 8. The molecule has 118 valence electrons. The van der Waals surface area contributed by atoms with E-state index in [1.54, 1.807) is 19.0 Å². The average Bonchev–Trinajstić information content (AvgIpc) is 2.42. The molecule has 0 amide bonds. The highest BCUT2D eigenvalue weighted by molar-refractivity contribution is 7.89. The number of nitrogens with zero attached hydrogens (tertiary/aromatic N) is 2. The molecule has 0 heterocycles. The maximum Gasteiger partial charge on any atom is 0.318 e. The molecule has 0 saturated carbocycles. The number of ether oxygens (including phenoxy) is 1. The third-order valence-electron chi connectivity index (χ3n) is 2.81. The second kappa shape index (κ2) is 7.39. The van der Waals surface area contributed by atoms with Crippen molar-refractivity contribution in [3.63, 3.8) is 0 Å². The van der Waals surface area contributed by atoms with E-state index >= 15 is 0 Å². The van der Waals surface area contributed by atoms with Gasteiger partial charge in [-0.2, -0.15) is 4.31 Å². The molecule has 0 aliphatic rings. The third kappa shape index (κ3) is 5.00. The lowest BCUT2D eigenvalue weighted by molar-refractivity contribution is -0.137. The Morgan fingerprint density at radius 2 is 1.76 bits per heavy atom. The Morgan fingerprint density at radius 1 is 1.19 bits per heavy atom. The van der Waals surface area contributed by atoms with Crippen LogP contribution in [0.25, 0.3) is 0 Å². The molecule has 7 nitrogen and oxygen atoms in total. The normalized spacial score (nSPS) is 11.9. The van der Waals surface area contributed by atoms with Gasteiger partial charge in [0.05, 0.1) is 12.0 Å². The summed E-state index contributed by atoms with van der Waals surface area (Å²) in [4.78, 5) is 12.7. The van der Waals surface area contributed by atoms with Gasteiger partial charge in [0, 0.05) is 13.1 Å². The van der Waals surface area contributed by atoms with Crippen LogP contribution >= 0.6 is 0 Å². The maximum absolute atomic E-state index is 12.5. The van der Waals surface area contributed by atoms with Gasteiger partial charge in [-0.3, -0.25) is 4.79 Å². The Bertz CT molecular complexity index is 569. The second-order valence-electron chi connectivity index (χ2n) is 4.71. The minimum atomic E-state index is -3.85. The highest BCUT2D eigenvalue weighted by atomic mass is 32.2. The summed E-state index contributed by atoms with van der Waals surface area (Å²) in [5.41, 5.74) is 0. The van der Waals surface area contributed by atoms with Crippen LogP contribution in [0.1, 0.15) is 0 Å². The van der Waals surface area contributed by atoms with E-state index in [0.29, 0.717) is 12.3 Å². The zero-order valence-electron chi connectivity index (χ0n) is 12.3. The van der Waals surface area contributed by atoms with Crippen molar-refractivity contribution in [2.75, 3.05) is 40.8 Å². The van der Waals surface area contributed by atoms with Gasteiger partial charge < -0.3 is 14.7 Å². The van der Waals surface area contributed by atoms with E-state index in [1.165, 1.54) is 31.4 Å². The third-order valence-corrected chi connectivity index (χ3v) is 4.66. The van der Waals surface area contributed by atoms with Crippen molar-refractivity contribution in [2.24, 2.45) is 0 Å². The fraction of sp³-hybridized carbons (Fsp3) is 0.462. The fourth-order valence-corrected chi connectivity index (χ4v) is 3.02. The first-order chi connectivity index (χ1) is 9.77. The SMILES string of the molecule is COc1ccc(S(=O)(=O)N(CCN(C)C)CC(=O)O)cc1. The molecule has 0 radical (unpaired) electrons. The smallest absolute Gasteiger partial charge is 0.318 e. The van der Waals surface area contributed by atoms with Gasteiger partial charge in [-0.25, -0.2) is 8.42 Å². The molecular weight excluding hydrogens is 296 g/mol. The molecule has 1 rings (SSSR count). The van der Waals surface area contributed by atoms with Crippen LogP contribution in [0.3, 0.4) is 0 Å². The van der Waals surface area contributed by atoms with E-state index < -0.39 is 22.5 Å². The molecule has 0 saturated heterocycles. The monoisotopic (exact) mass is 316 g/mol. The Balaban J connectivity index is 3.03. The highest BCUT2D eigenvalue weighted by Gasteiger charge is 2.26. The quantitative estimate of drug-likeness (QED) is 0.744. The number of likely N-dealkylation sites (N-methyl/N-ethyl adjacent to an activating group) is 1. The lowest BCUT2D eigenvalue weighted by Crippen LogP contribution is -2.39. The molecule has 0 aromatic heterocycles. The summed E-state index contributed by atoms with van der Waals surface area (Å²) in [6.45, 7) is -0.0292. The number of sulfonamides is 1. The predicted molar refractivity (Wildman–Crippen MR) is 77.9 cm³/mol. The molecule has 0 unspecified atom stereocenters. The molecular formula is C13H20N2O5S. The van der Waals surface area contributed by atoms with E-state index in [4.69, 9.17) is 9.84 Å². The van der Waals surface area contributed by atoms with Crippen LogP contribution in [0.15, 0.2) is 29.2 Å². The van der Waals surface area contributed by atoms with Crippen molar-refractivity contribution < 1.29 is 23.1 Å². The number of hydrogen-bond acceptors (Lipinski definition) is 5. The van der Waals surface area contributed by atoms with Crippen LogP contribution in [0.4, 0.5) is 0 Å². The largest absolute Gasteiger partial charge is 0.497 e. The minimum Gasteiger partial charge on any atom is -0.497 e. The molecule has 1 N–H and O–H groups in total.